The number of carbonyl (C=O) groups excluding carboxylic acids is 1. The maximum Gasteiger partial charge on any atom is 0.257 e. The molecule has 0 aliphatic carbocycles. The third-order valence-corrected chi connectivity index (χ3v) is 4.61. The van der Waals surface area contributed by atoms with E-state index in [0.29, 0.717) is 28.6 Å². The first-order chi connectivity index (χ1) is 12.6. The molecule has 7 heteroatoms. The molecule has 0 spiro atoms. The van der Waals surface area contributed by atoms with Crippen LogP contribution in [0.2, 0.25) is 0 Å². The van der Waals surface area contributed by atoms with Crippen LogP contribution in [0.3, 0.4) is 0 Å². The second kappa shape index (κ2) is 7.97. The van der Waals surface area contributed by atoms with Crippen LogP contribution in [0.5, 0.6) is 11.5 Å². The van der Waals surface area contributed by atoms with Gasteiger partial charge in [-0.1, -0.05) is 35.1 Å². The van der Waals surface area contributed by atoms with Gasteiger partial charge in [0.15, 0.2) is 11.5 Å². The average molecular weight is 369 g/mol. The molecule has 0 unspecified atom stereocenters. The predicted molar refractivity (Wildman–Crippen MR) is 101 cm³/mol. The van der Waals surface area contributed by atoms with Crippen LogP contribution in [0.1, 0.15) is 26.5 Å². The van der Waals surface area contributed by atoms with Crippen LogP contribution in [0.4, 0.5) is 5.13 Å². The third kappa shape index (κ3) is 4.18. The SMILES string of the molecule is COc1ccc(Cc2nnc(NC(=O)c3cccc(C)c3)s2)cc1OC. The fourth-order valence-electron chi connectivity index (χ4n) is 2.50. The molecule has 0 radical (unpaired) electrons. The highest BCUT2D eigenvalue weighted by atomic mass is 32.1. The van der Waals surface area contributed by atoms with Crippen LogP contribution >= 0.6 is 11.3 Å². The van der Waals surface area contributed by atoms with Crippen molar-refractivity contribution < 1.29 is 14.3 Å². The van der Waals surface area contributed by atoms with Crippen LogP contribution in [0.25, 0.3) is 0 Å². The summed E-state index contributed by atoms with van der Waals surface area (Å²) < 4.78 is 10.6. The molecule has 1 N–H and O–H groups in total. The lowest BCUT2D eigenvalue weighted by atomic mass is 10.1. The number of hydrogen-bond donors (Lipinski definition) is 1. The van der Waals surface area contributed by atoms with Crippen LogP contribution in [0.15, 0.2) is 42.5 Å². The monoisotopic (exact) mass is 369 g/mol. The minimum absolute atomic E-state index is 0.192. The lowest BCUT2D eigenvalue weighted by molar-refractivity contribution is 0.102. The summed E-state index contributed by atoms with van der Waals surface area (Å²) in [5, 5.41) is 12.3. The Morgan fingerprint density at radius 1 is 1.08 bits per heavy atom. The van der Waals surface area contributed by atoms with E-state index >= 15 is 0 Å². The first-order valence-electron chi connectivity index (χ1n) is 8.00. The van der Waals surface area contributed by atoms with E-state index in [1.165, 1.54) is 11.3 Å². The zero-order valence-electron chi connectivity index (χ0n) is 14.8. The molecule has 0 atom stereocenters. The zero-order valence-corrected chi connectivity index (χ0v) is 15.6. The maximum atomic E-state index is 12.3. The molecule has 0 bridgehead atoms. The van der Waals surface area contributed by atoms with Gasteiger partial charge in [0.2, 0.25) is 5.13 Å². The molecule has 3 aromatic rings. The number of aryl methyl sites for hydroxylation is 1. The smallest absolute Gasteiger partial charge is 0.257 e. The Kier molecular flexibility index (Phi) is 5.48. The number of methoxy groups -OCH3 is 2. The van der Waals surface area contributed by atoms with Crippen molar-refractivity contribution in [2.45, 2.75) is 13.3 Å². The molecule has 26 heavy (non-hydrogen) atoms. The minimum Gasteiger partial charge on any atom is -0.493 e. The van der Waals surface area contributed by atoms with E-state index in [1.54, 1.807) is 20.3 Å². The van der Waals surface area contributed by atoms with Crippen LogP contribution in [0, 0.1) is 6.92 Å². The van der Waals surface area contributed by atoms with E-state index < -0.39 is 0 Å². The minimum atomic E-state index is -0.192. The molecule has 1 aromatic heterocycles. The van der Waals surface area contributed by atoms with Crippen LogP contribution < -0.4 is 14.8 Å². The Balaban J connectivity index is 1.69. The van der Waals surface area contributed by atoms with Gasteiger partial charge in [-0.05, 0) is 36.8 Å². The normalized spacial score (nSPS) is 10.4. The Hall–Kier alpha value is -2.93. The van der Waals surface area contributed by atoms with Gasteiger partial charge in [-0.15, -0.1) is 10.2 Å². The van der Waals surface area contributed by atoms with Gasteiger partial charge >= 0.3 is 0 Å². The van der Waals surface area contributed by atoms with Crippen molar-refractivity contribution in [1.82, 2.24) is 10.2 Å². The predicted octanol–water partition coefficient (Wildman–Crippen LogP) is 3.71. The lowest BCUT2D eigenvalue weighted by Crippen LogP contribution is -2.11. The summed E-state index contributed by atoms with van der Waals surface area (Å²) in [6, 6.07) is 13.1. The highest BCUT2D eigenvalue weighted by Crippen LogP contribution is 2.29. The van der Waals surface area contributed by atoms with Gasteiger partial charge in [-0.3, -0.25) is 10.1 Å². The first kappa shape index (κ1) is 17.9. The van der Waals surface area contributed by atoms with Crippen LogP contribution in [-0.4, -0.2) is 30.3 Å². The van der Waals surface area contributed by atoms with Crippen molar-refractivity contribution in [1.29, 1.82) is 0 Å². The van der Waals surface area contributed by atoms with Crippen molar-refractivity contribution in [3.05, 3.63) is 64.2 Å². The summed E-state index contributed by atoms with van der Waals surface area (Å²) in [7, 11) is 3.21. The second-order valence-electron chi connectivity index (χ2n) is 5.69. The zero-order chi connectivity index (χ0) is 18.5. The molecule has 2 aromatic carbocycles. The average Bonchev–Trinajstić information content (AvgIpc) is 3.08. The number of benzene rings is 2. The Morgan fingerprint density at radius 2 is 1.88 bits per heavy atom. The van der Waals surface area contributed by atoms with Crippen LogP contribution in [-0.2, 0) is 6.42 Å². The molecule has 0 saturated carbocycles. The number of nitrogens with one attached hydrogen (secondary N) is 1. The van der Waals surface area contributed by atoms with E-state index in [9.17, 15) is 4.79 Å². The van der Waals surface area contributed by atoms with Crippen molar-refractivity contribution in [2.75, 3.05) is 19.5 Å². The summed E-state index contributed by atoms with van der Waals surface area (Å²) >= 11 is 1.35. The summed E-state index contributed by atoms with van der Waals surface area (Å²) in [5.41, 5.74) is 2.65. The standard InChI is InChI=1S/C19H19N3O3S/c1-12-5-4-6-14(9-12)18(23)20-19-22-21-17(26-19)11-13-7-8-15(24-2)16(10-13)25-3/h4-10H,11H2,1-3H3,(H,20,22,23). The fraction of sp³-hybridized carbons (Fsp3) is 0.211. The molecule has 134 valence electrons. The van der Waals surface area contributed by atoms with Crippen molar-refractivity contribution in [2.24, 2.45) is 0 Å². The summed E-state index contributed by atoms with van der Waals surface area (Å²) in [4.78, 5) is 12.3. The third-order valence-electron chi connectivity index (χ3n) is 3.77. The quantitative estimate of drug-likeness (QED) is 0.717. The van der Waals surface area contributed by atoms with E-state index in [2.05, 4.69) is 15.5 Å². The molecule has 0 saturated heterocycles. The molecule has 3 rings (SSSR count). The molecular weight excluding hydrogens is 350 g/mol. The molecule has 0 aliphatic rings. The Bertz CT molecular complexity index is 924. The van der Waals surface area contributed by atoms with Crippen molar-refractivity contribution in [3.63, 3.8) is 0 Å². The number of hydrogen-bond acceptors (Lipinski definition) is 6. The van der Waals surface area contributed by atoms with Gasteiger partial charge < -0.3 is 9.47 Å². The van der Waals surface area contributed by atoms with Gasteiger partial charge in [0.05, 0.1) is 14.2 Å². The second-order valence-corrected chi connectivity index (χ2v) is 6.75. The van der Waals surface area contributed by atoms with Gasteiger partial charge in [-0.25, -0.2) is 0 Å². The Morgan fingerprint density at radius 3 is 2.62 bits per heavy atom. The number of aromatic nitrogens is 2. The molecule has 6 nitrogen and oxygen atoms in total. The lowest BCUT2D eigenvalue weighted by Gasteiger charge is -2.08. The largest absolute Gasteiger partial charge is 0.493 e. The van der Waals surface area contributed by atoms with E-state index in [0.717, 1.165) is 16.1 Å². The summed E-state index contributed by atoms with van der Waals surface area (Å²) in [6.45, 7) is 1.95. The van der Waals surface area contributed by atoms with E-state index in [1.807, 2.05) is 43.3 Å². The molecule has 0 fully saturated rings. The highest BCUT2D eigenvalue weighted by Gasteiger charge is 2.12. The maximum absolute atomic E-state index is 12.3. The van der Waals surface area contributed by atoms with Gasteiger partial charge in [0, 0.05) is 12.0 Å². The number of rotatable bonds is 6. The number of carbonyl (C=O) groups is 1. The van der Waals surface area contributed by atoms with Gasteiger partial charge in [-0.2, -0.15) is 0 Å². The molecule has 1 amide bonds. The topological polar surface area (TPSA) is 73.3 Å². The van der Waals surface area contributed by atoms with Crippen molar-refractivity contribution in [3.8, 4) is 11.5 Å². The van der Waals surface area contributed by atoms with E-state index in [4.69, 9.17) is 9.47 Å². The van der Waals surface area contributed by atoms with Gasteiger partial charge in [0.25, 0.3) is 5.91 Å². The summed E-state index contributed by atoms with van der Waals surface area (Å²) in [5.74, 6) is 1.16. The fourth-order valence-corrected chi connectivity index (χ4v) is 3.27. The highest BCUT2D eigenvalue weighted by molar-refractivity contribution is 7.15. The number of amides is 1. The van der Waals surface area contributed by atoms with E-state index in [-0.39, 0.29) is 5.91 Å². The summed E-state index contributed by atoms with van der Waals surface area (Å²) in [6.07, 6.45) is 0.596. The molecule has 0 aliphatic heterocycles. The van der Waals surface area contributed by atoms with Gasteiger partial charge in [0.1, 0.15) is 5.01 Å². The Labute approximate surface area is 155 Å². The first-order valence-corrected chi connectivity index (χ1v) is 8.82. The number of nitrogens with zero attached hydrogens (tertiary/aromatic N) is 2. The molecular formula is C19H19N3O3S. The molecule has 1 heterocycles. The number of ether oxygens (including phenoxy) is 2. The van der Waals surface area contributed by atoms with Crippen molar-refractivity contribution >= 4 is 22.4 Å². The number of anilines is 1.